The minimum Gasteiger partial charge on any atom is -0.367 e. The Morgan fingerprint density at radius 2 is 1.86 bits per heavy atom. The molecule has 0 saturated heterocycles. The van der Waals surface area contributed by atoms with Crippen molar-refractivity contribution < 1.29 is 13.2 Å². The molecule has 1 N–H and O–H groups in total. The van der Waals surface area contributed by atoms with Crippen molar-refractivity contribution in [2.75, 3.05) is 5.32 Å². The molecule has 2 aromatic heterocycles. The first kappa shape index (κ1) is 19.7. The molecule has 1 fully saturated rings. The van der Waals surface area contributed by atoms with Gasteiger partial charge in [-0.05, 0) is 61.3 Å². The molecule has 4 nitrogen and oxygen atoms in total. The van der Waals surface area contributed by atoms with Gasteiger partial charge in [-0.3, -0.25) is 0 Å². The maximum atomic E-state index is 13.1. The number of nitrogens with zero attached hydrogens (tertiary/aromatic N) is 3. The van der Waals surface area contributed by atoms with Gasteiger partial charge < -0.3 is 5.32 Å². The minimum atomic E-state index is -4.38. The van der Waals surface area contributed by atoms with E-state index in [2.05, 4.69) is 29.2 Å². The molecule has 0 aliphatic heterocycles. The molecular formula is C22H25F3N4. The zero-order valence-electron chi connectivity index (χ0n) is 16.6. The van der Waals surface area contributed by atoms with E-state index in [1.54, 1.807) is 23.0 Å². The third-order valence-corrected chi connectivity index (χ3v) is 5.94. The fraction of sp³-hybridized carbons (Fsp3) is 0.455. The van der Waals surface area contributed by atoms with Crippen LogP contribution in [0.25, 0.3) is 16.8 Å². The molecule has 1 aromatic carbocycles. The smallest absolute Gasteiger partial charge is 0.367 e. The number of anilines is 1. The molecule has 0 spiro atoms. The van der Waals surface area contributed by atoms with Gasteiger partial charge in [0.25, 0.3) is 0 Å². The van der Waals surface area contributed by atoms with E-state index in [0.717, 1.165) is 36.7 Å². The monoisotopic (exact) mass is 402 g/mol. The zero-order valence-corrected chi connectivity index (χ0v) is 16.6. The van der Waals surface area contributed by atoms with Crippen molar-refractivity contribution in [2.24, 2.45) is 11.8 Å². The van der Waals surface area contributed by atoms with E-state index in [1.165, 1.54) is 18.9 Å². The number of hydrogen-bond acceptors (Lipinski definition) is 3. The van der Waals surface area contributed by atoms with Crippen LogP contribution in [-0.2, 0) is 6.18 Å². The molecule has 2 heterocycles. The summed E-state index contributed by atoms with van der Waals surface area (Å²) in [5.41, 5.74) is 0.913. The second-order valence-electron chi connectivity index (χ2n) is 8.22. The van der Waals surface area contributed by atoms with E-state index >= 15 is 0 Å². The van der Waals surface area contributed by atoms with Crippen LogP contribution in [0.5, 0.6) is 0 Å². The average Bonchev–Trinajstić information content (AvgIpc) is 3.11. The van der Waals surface area contributed by atoms with E-state index in [1.807, 2.05) is 6.07 Å². The maximum absolute atomic E-state index is 13.1. The first-order valence-corrected chi connectivity index (χ1v) is 10.1. The van der Waals surface area contributed by atoms with Crippen molar-refractivity contribution >= 4 is 11.5 Å². The summed E-state index contributed by atoms with van der Waals surface area (Å²) < 4.78 is 40.8. The lowest BCUT2D eigenvalue weighted by atomic mass is 9.80. The van der Waals surface area contributed by atoms with Crippen LogP contribution in [0.1, 0.15) is 45.1 Å². The highest BCUT2D eigenvalue weighted by Crippen LogP contribution is 2.34. The van der Waals surface area contributed by atoms with E-state index in [9.17, 15) is 13.2 Å². The largest absolute Gasteiger partial charge is 0.416 e. The second kappa shape index (κ2) is 7.69. The quantitative estimate of drug-likeness (QED) is 0.578. The number of benzene rings is 1. The summed E-state index contributed by atoms with van der Waals surface area (Å²) in [6.45, 7) is 4.56. The van der Waals surface area contributed by atoms with Gasteiger partial charge in [0, 0.05) is 17.8 Å². The lowest BCUT2D eigenvalue weighted by Gasteiger charge is -2.31. The number of rotatable bonds is 4. The number of fused-ring (bicyclic) bond motifs is 1. The summed E-state index contributed by atoms with van der Waals surface area (Å²) in [5, 5.41) is 7.75. The highest BCUT2D eigenvalue weighted by molar-refractivity contribution is 5.78. The molecule has 0 amide bonds. The van der Waals surface area contributed by atoms with Crippen molar-refractivity contribution in [3.05, 3.63) is 48.3 Å². The van der Waals surface area contributed by atoms with Crippen LogP contribution in [0.3, 0.4) is 0 Å². The summed E-state index contributed by atoms with van der Waals surface area (Å²) in [6, 6.07) is 7.53. The second-order valence-corrected chi connectivity index (χ2v) is 8.22. The molecular weight excluding hydrogens is 377 g/mol. The molecule has 0 atom stereocenters. The highest BCUT2D eigenvalue weighted by Gasteiger charge is 2.30. The van der Waals surface area contributed by atoms with E-state index in [4.69, 9.17) is 0 Å². The van der Waals surface area contributed by atoms with Crippen molar-refractivity contribution in [1.29, 1.82) is 0 Å². The zero-order chi connectivity index (χ0) is 20.6. The van der Waals surface area contributed by atoms with E-state index in [0.29, 0.717) is 28.7 Å². The minimum absolute atomic E-state index is 0.375. The third kappa shape index (κ3) is 4.23. The number of alkyl halides is 3. The van der Waals surface area contributed by atoms with E-state index in [-0.39, 0.29) is 0 Å². The fourth-order valence-electron chi connectivity index (χ4n) is 4.16. The summed E-state index contributed by atoms with van der Waals surface area (Å²) in [7, 11) is 0. The van der Waals surface area contributed by atoms with Gasteiger partial charge in [-0.15, -0.1) is 0 Å². The van der Waals surface area contributed by atoms with Crippen LogP contribution >= 0.6 is 0 Å². The molecule has 1 saturated carbocycles. The molecule has 7 heteroatoms. The van der Waals surface area contributed by atoms with Gasteiger partial charge >= 0.3 is 6.18 Å². The molecule has 4 rings (SSSR count). The molecule has 0 unspecified atom stereocenters. The topological polar surface area (TPSA) is 42.2 Å². The van der Waals surface area contributed by atoms with Gasteiger partial charge in [-0.2, -0.15) is 18.3 Å². The summed E-state index contributed by atoms with van der Waals surface area (Å²) >= 11 is 0. The Balaban J connectivity index is 1.58. The van der Waals surface area contributed by atoms with Crippen molar-refractivity contribution in [3.63, 3.8) is 0 Å². The number of hydrogen-bond donors (Lipinski definition) is 1. The predicted molar refractivity (Wildman–Crippen MR) is 108 cm³/mol. The maximum Gasteiger partial charge on any atom is 0.416 e. The number of nitrogens with one attached hydrogen (secondary N) is 1. The first-order valence-electron chi connectivity index (χ1n) is 10.1. The van der Waals surface area contributed by atoms with Crippen LogP contribution in [0.2, 0.25) is 0 Å². The first-order chi connectivity index (χ1) is 13.8. The molecule has 0 bridgehead atoms. The molecule has 0 radical (unpaired) electrons. The van der Waals surface area contributed by atoms with Gasteiger partial charge in [0.1, 0.15) is 5.82 Å². The number of halogens is 3. The van der Waals surface area contributed by atoms with E-state index < -0.39 is 11.7 Å². The van der Waals surface area contributed by atoms with Crippen LogP contribution in [-0.4, -0.2) is 20.6 Å². The SMILES string of the molecule is CC(C)C1CCC(Nc2ccn3ncc(-c4cccc(C(F)(F)F)c4)c3n2)CC1. The molecule has 3 aromatic rings. The Bertz CT molecular complexity index is 985. The Labute approximate surface area is 168 Å². The lowest BCUT2D eigenvalue weighted by Crippen LogP contribution is -2.28. The molecule has 1 aliphatic rings. The van der Waals surface area contributed by atoms with Crippen LogP contribution in [0, 0.1) is 11.8 Å². The van der Waals surface area contributed by atoms with Crippen molar-refractivity contribution in [2.45, 2.75) is 51.7 Å². The van der Waals surface area contributed by atoms with Gasteiger partial charge in [0.2, 0.25) is 0 Å². The molecule has 29 heavy (non-hydrogen) atoms. The van der Waals surface area contributed by atoms with Gasteiger partial charge in [-0.25, -0.2) is 9.50 Å². The van der Waals surface area contributed by atoms with Gasteiger partial charge in [-0.1, -0.05) is 26.0 Å². The standard InChI is InChI=1S/C22H25F3N4/c1-14(2)15-6-8-18(9-7-15)27-20-10-11-29-21(28-20)19(13-26-29)16-4-3-5-17(12-16)22(23,24)25/h3-5,10-15,18H,6-9H2,1-2H3,(H,27,28). The van der Waals surface area contributed by atoms with Crippen LogP contribution < -0.4 is 5.32 Å². The van der Waals surface area contributed by atoms with Crippen molar-refractivity contribution in [1.82, 2.24) is 14.6 Å². The summed E-state index contributed by atoms with van der Waals surface area (Å²) in [4.78, 5) is 4.66. The lowest BCUT2D eigenvalue weighted by molar-refractivity contribution is -0.137. The Kier molecular flexibility index (Phi) is 5.23. The third-order valence-electron chi connectivity index (χ3n) is 5.94. The van der Waals surface area contributed by atoms with Gasteiger partial charge in [0.05, 0.1) is 11.8 Å². The van der Waals surface area contributed by atoms with Gasteiger partial charge in [0.15, 0.2) is 5.65 Å². The molecule has 154 valence electrons. The van der Waals surface area contributed by atoms with Crippen molar-refractivity contribution in [3.8, 4) is 11.1 Å². The Hall–Kier alpha value is -2.57. The molecule has 1 aliphatic carbocycles. The highest BCUT2D eigenvalue weighted by atomic mass is 19.4. The predicted octanol–water partition coefficient (Wildman–Crippen LogP) is 6.04. The summed E-state index contributed by atoms with van der Waals surface area (Å²) in [5.74, 6) is 2.23. The van der Waals surface area contributed by atoms with Crippen LogP contribution in [0.15, 0.2) is 42.7 Å². The number of aromatic nitrogens is 3. The summed E-state index contributed by atoms with van der Waals surface area (Å²) in [6.07, 6.45) is 3.61. The normalized spacial score (nSPS) is 20.3. The Morgan fingerprint density at radius 1 is 1.10 bits per heavy atom. The van der Waals surface area contributed by atoms with Crippen LogP contribution in [0.4, 0.5) is 19.0 Å². The average molecular weight is 402 g/mol. The Morgan fingerprint density at radius 3 is 2.55 bits per heavy atom. The fourth-order valence-corrected chi connectivity index (χ4v) is 4.16.